The molecule has 0 aliphatic heterocycles. The third-order valence-electron chi connectivity index (χ3n) is 3.55. The molecular formula is C21H18ClNO3. The van der Waals surface area contributed by atoms with Crippen LogP contribution >= 0.6 is 11.6 Å². The summed E-state index contributed by atoms with van der Waals surface area (Å²) in [5.41, 5.74) is 1.55. The van der Waals surface area contributed by atoms with Gasteiger partial charge in [-0.2, -0.15) is 0 Å². The van der Waals surface area contributed by atoms with E-state index >= 15 is 0 Å². The van der Waals surface area contributed by atoms with E-state index in [-0.39, 0.29) is 12.5 Å². The summed E-state index contributed by atoms with van der Waals surface area (Å²) in [5.74, 6) is 1.52. The average Bonchev–Trinajstić information content (AvgIpc) is 2.63. The van der Waals surface area contributed by atoms with E-state index in [2.05, 4.69) is 5.32 Å². The molecule has 0 fully saturated rings. The highest BCUT2D eigenvalue weighted by molar-refractivity contribution is 6.31. The van der Waals surface area contributed by atoms with Crippen molar-refractivity contribution in [1.29, 1.82) is 0 Å². The summed E-state index contributed by atoms with van der Waals surface area (Å²) in [4.78, 5) is 12.3. The van der Waals surface area contributed by atoms with Gasteiger partial charge >= 0.3 is 0 Å². The average molecular weight is 368 g/mol. The van der Waals surface area contributed by atoms with Gasteiger partial charge in [-0.05, 0) is 55.0 Å². The molecule has 3 rings (SSSR count). The zero-order chi connectivity index (χ0) is 18.4. The minimum atomic E-state index is -0.299. The first-order valence-electron chi connectivity index (χ1n) is 8.12. The van der Waals surface area contributed by atoms with E-state index < -0.39 is 0 Å². The normalized spacial score (nSPS) is 10.2. The molecule has 0 aromatic heterocycles. The van der Waals surface area contributed by atoms with Crippen LogP contribution in [0.5, 0.6) is 17.2 Å². The SMILES string of the molecule is Cc1cccc(OCC(=O)Nc2cc(Cl)ccc2Oc2ccccc2)c1. The van der Waals surface area contributed by atoms with Crippen LogP contribution in [-0.2, 0) is 4.79 Å². The molecule has 3 aromatic carbocycles. The van der Waals surface area contributed by atoms with Crippen LogP contribution in [0.4, 0.5) is 5.69 Å². The number of aryl methyl sites for hydroxylation is 1. The fourth-order valence-corrected chi connectivity index (χ4v) is 2.52. The van der Waals surface area contributed by atoms with E-state index in [1.165, 1.54) is 0 Å². The molecule has 1 amide bonds. The monoisotopic (exact) mass is 367 g/mol. The first-order chi connectivity index (χ1) is 12.6. The van der Waals surface area contributed by atoms with Crippen molar-refractivity contribution in [2.75, 3.05) is 11.9 Å². The third kappa shape index (κ3) is 5.01. The van der Waals surface area contributed by atoms with Gasteiger partial charge in [0, 0.05) is 5.02 Å². The van der Waals surface area contributed by atoms with Gasteiger partial charge < -0.3 is 14.8 Å². The summed E-state index contributed by atoms with van der Waals surface area (Å²) in [7, 11) is 0. The molecular weight excluding hydrogens is 350 g/mol. The molecule has 0 saturated carbocycles. The lowest BCUT2D eigenvalue weighted by molar-refractivity contribution is -0.118. The van der Waals surface area contributed by atoms with Crippen LogP contribution < -0.4 is 14.8 Å². The van der Waals surface area contributed by atoms with Gasteiger partial charge in [0.25, 0.3) is 5.91 Å². The fourth-order valence-electron chi connectivity index (χ4n) is 2.34. The molecule has 0 bridgehead atoms. The maximum absolute atomic E-state index is 12.3. The number of rotatable bonds is 6. The number of para-hydroxylation sites is 1. The molecule has 0 aliphatic rings. The Balaban J connectivity index is 1.68. The van der Waals surface area contributed by atoms with E-state index in [0.717, 1.165) is 5.56 Å². The van der Waals surface area contributed by atoms with Crippen LogP contribution in [0.15, 0.2) is 72.8 Å². The summed E-state index contributed by atoms with van der Waals surface area (Å²) in [6, 6.07) is 21.9. The first kappa shape index (κ1) is 17.8. The van der Waals surface area contributed by atoms with Crippen molar-refractivity contribution in [3.63, 3.8) is 0 Å². The van der Waals surface area contributed by atoms with Crippen LogP contribution in [0.3, 0.4) is 0 Å². The molecule has 3 aromatic rings. The summed E-state index contributed by atoms with van der Waals surface area (Å²) < 4.78 is 11.4. The topological polar surface area (TPSA) is 47.6 Å². The Labute approximate surface area is 157 Å². The molecule has 0 saturated heterocycles. The molecule has 5 heteroatoms. The predicted octanol–water partition coefficient (Wildman–Crippen LogP) is 5.46. The van der Waals surface area contributed by atoms with Crippen molar-refractivity contribution >= 4 is 23.2 Å². The Kier molecular flexibility index (Phi) is 5.77. The lowest BCUT2D eigenvalue weighted by Crippen LogP contribution is -2.20. The minimum absolute atomic E-state index is 0.110. The number of hydrogen-bond acceptors (Lipinski definition) is 3. The Morgan fingerprint density at radius 2 is 1.73 bits per heavy atom. The maximum Gasteiger partial charge on any atom is 0.262 e. The second-order valence-electron chi connectivity index (χ2n) is 5.71. The van der Waals surface area contributed by atoms with Gasteiger partial charge in [-0.3, -0.25) is 4.79 Å². The van der Waals surface area contributed by atoms with Gasteiger partial charge in [-0.1, -0.05) is 41.9 Å². The number of amides is 1. The number of nitrogens with one attached hydrogen (secondary N) is 1. The lowest BCUT2D eigenvalue weighted by atomic mass is 10.2. The lowest BCUT2D eigenvalue weighted by Gasteiger charge is -2.13. The summed E-state index contributed by atoms with van der Waals surface area (Å²) >= 11 is 6.06. The molecule has 0 atom stereocenters. The Hall–Kier alpha value is -2.98. The number of halogens is 1. The van der Waals surface area contributed by atoms with Gasteiger partial charge in [0.05, 0.1) is 5.69 Å². The fraction of sp³-hybridized carbons (Fsp3) is 0.0952. The van der Waals surface area contributed by atoms with Gasteiger partial charge in [0.1, 0.15) is 11.5 Å². The first-order valence-corrected chi connectivity index (χ1v) is 8.50. The maximum atomic E-state index is 12.3. The van der Waals surface area contributed by atoms with Crippen LogP contribution in [-0.4, -0.2) is 12.5 Å². The third-order valence-corrected chi connectivity index (χ3v) is 3.78. The van der Waals surface area contributed by atoms with E-state index in [1.807, 2.05) is 61.5 Å². The van der Waals surface area contributed by atoms with E-state index in [4.69, 9.17) is 21.1 Å². The highest BCUT2D eigenvalue weighted by atomic mass is 35.5. The van der Waals surface area contributed by atoms with Crippen molar-refractivity contribution in [3.05, 3.63) is 83.4 Å². The van der Waals surface area contributed by atoms with Gasteiger partial charge in [-0.25, -0.2) is 0 Å². The standard InChI is InChI=1S/C21H18ClNO3/c1-15-6-5-9-18(12-15)25-14-21(24)23-19-13-16(22)10-11-20(19)26-17-7-3-2-4-8-17/h2-13H,14H2,1H3,(H,23,24). The molecule has 0 aliphatic carbocycles. The number of anilines is 1. The van der Waals surface area contributed by atoms with Gasteiger partial charge in [0.15, 0.2) is 12.4 Å². The van der Waals surface area contributed by atoms with Crippen molar-refractivity contribution in [2.24, 2.45) is 0 Å². The molecule has 4 nitrogen and oxygen atoms in total. The Morgan fingerprint density at radius 1 is 0.962 bits per heavy atom. The molecule has 0 spiro atoms. The number of carbonyl (C=O) groups is 1. The van der Waals surface area contributed by atoms with Gasteiger partial charge in [0.2, 0.25) is 0 Å². The van der Waals surface area contributed by atoms with Crippen LogP contribution in [0, 0.1) is 6.92 Å². The molecule has 26 heavy (non-hydrogen) atoms. The molecule has 132 valence electrons. The highest BCUT2D eigenvalue weighted by Crippen LogP contribution is 2.32. The summed E-state index contributed by atoms with van der Waals surface area (Å²) in [6.45, 7) is 1.85. The van der Waals surface area contributed by atoms with Crippen LogP contribution in [0.1, 0.15) is 5.56 Å². The molecule has 0 radical (unpaired) electrons. The zero-order valence-electron chi connectivity index (χ0n) is 14.2. The smallest absolute Gasteiger partial charge is 0.262 e. The quantitative estimate of drug-likeness (QED) is 0.629. The van der Waals surface area contributed by atoms with Crippen molar-refractivity contribution in [3.8, 4) is 17.2 Å². The summed E-state index contributed by atoms with van der Waals surface area (Å²) in [6.07, 6.45) is 0. The van der Waals surface area contributed by atoms with Crippen LogP contribution in [0.25, 0.3) is 0 Å². The predicted molar refractivity (Wildman–Crippen MR) is 103 cm³/mol. The second kappa shape index (κ2) is 8.41. The largest absolute Gasteiger partial charge is 0.484 e. The van der Waals surface area contributed by atoms with E-state index in [1.54, 1.807) is 18.2 Å². The molecule has 0 heterocycles. The van der Waals surface area contributed by atoms with Crippen molar-refractivity contribution < 1.29 is 14.3 Å². The Morgan fingerprint density at radius 3 is 2.50 bits per heavy atom. The number of hydrogen-bond donors (Lipinski definition) is 1. The number of ether oxygens (including phenoxy) is 2. The molecule has 1 N–H and O–H groups in total. The zero-order valence-corrected chi connectivity index (χ0v) is 15.0. The second-order valence-corrected chi connectivity index (χ2v) is 6.15. The number of carbonyl (C=O) groups excluding carboxylic acids is 1. The highest BCUT2D eigenvalue weighted by Gasteiger charge is 2.11. The number of benzene rings is 3. The van der Waals surface area contributed by atoms with Crippen molar-refractivity contribution in [1.82, 2.24) is 0 Å². The van der Waals surface area contributed by atoms with Gasteiger partial charge in [-0.15, -0.1) is 0 Å². The summed E-state index contributed by atoms with van der Waals surface area (Å²) in [5, 5.41) is 3.28. The van der Waals surface area contributed by atoms with Crippen LogP contribution in [0.2, 0.25) is 5.02 Å². The van der Waals surface area contributed by atoms with E-state index in [0.29, 0.717) is 28.0 Å². The molecule has 0 unspecified atom stereocenters. The van der Waals surface area contributed by atoms with E-state index in [9.17, 15) is 4.79 Å². The van der Waals surface area contributed by atoms with Crippen molar-refractivity contribution in [2.45, 2.75) is 6.92 Å². The minimum Gasteiger partial charge on any atom is -0.484 e. The Bertz CT molecular complexity index is 897.